The Labute approximate surface area is 125 Å². The molecule has 7 heteroatoms. The molecule has 0 heterocycles. The molecule has 6 nitrogen and oxygen atoms in total. The highest BCUT2D eigenvalue weighted by molar-refractivity contribution is 9.10. The van der Waals surface area contributed by atoms with Crippen LogP contribution in [0.25, 0.3) is 0 Å². The van der Waals surface area contributed by atoms with Gasteiger partial charge in [0.2, 0.25) is 5.91 Å². The predicted molar refractivity (Wildman–Crippen MR) is 78.2 cm³/mol. The maximum atomic E-state index is 11.4. The monoisotopic (exact) mass is 341 g/mol. The molecule has 0 spiro atoms. The van der Waals surface area contributed by atoms with Gasteiger partial charge >= 0.3 is 0 Å². The zero-order valence-electron chi connectivity index (χ0n) is 10.9. The van der Waals surface area contributed by atoms with E-state index in [4.69, 9.17) is 0 Å². The van der Waals surface area contributed by atoms with Gasteiger partial charge in [-0.1, -0.05) is 6.07 Å². The Hall–Kier alpha value is -1.47. The normalized spacial score (nSPS) is 14.1. The standard InChI is InChI=1S/C13H16BrN3O3/c14-11-4-1-9(7-12(11)17(19)20)8-15-5-6-16-13(18)10-2-3-10/h1,4,7,10,15H,2-3,5-6,8H2,(H,16,18). The number of nitrogens with one attached hydrogen (secondary N) is 2. The first kappa shape index (κ1) is 14.9. The van der Waals surface area contributed by atoms with Gasteiger partial charge in [-0.15, -0.1) is 0 Å². The summed E-state index contributed by atoms with van der Waals surface area (Å²) in [6.45, 7) is 1.75. The largest absolute Gasteiger partial charge is 0.355 e. The molecule has 1 aliphatic carbocycles. The molecule has 1 aliphatic rings. The van der Waals surface area contributed by atoms with Crippen LogP contribution in [0.3, 0.4) is 0 Å². The Balaban J connectivity index is 1.72. The molecule has 1 amide bonds. The van der Waals surface area contributed by atoms with Crippen LogP contribution in [0.2, 0.25) is 0 Å². The van der Waals surface area contributed by atoms with Crippen LogP contribution >= 0.6 is 15.9 Å². The van der Waals surface area contributed by atoms with Gasteiger partial charge in [-0.25, -0.2) is 0 Å². The summed E-state index contributed by atoms with van der Waals surface area (Å²) in [7, 11) is 0. The van der Waals surface area contributed by atoms with Gasteiger partial charge in [0, 0.05) is 31.6 Å². The van der Waals surface area contributed by atoms with Crippen molar-refractivity contribution in [1.82, 2.24) is 10.6 Å². The SMILES string of the molecule is O=C(NCCNCc1ccc(Br)c([N+](=O)[O-])c1)C1CC1. The first-order chi connectivity index (χ1) is 9.58. The van der Waals surface area contributed by atoms with Gasteiger partial charge in [0.1, 0.15) is 0 Å². The molecule has 0 aliphatic heterocycles. The molecule has 108 valence electrons. The van der Waals surface area contributed by atoms with E-state index in [-0.39, 0.29) is 17.5 Å². The predicted octanol–water partition coefficient (Wildman–Crippen LogP) is 1.97. The fraction of sp³-hybridized carbons (Fsp3) is 0.462. The van der Waals surface area contributed by atoms with Crippen LogP contribution in [-0.2, 0) is 11.3 Å². The molecular formula is C13H16BrN3O3. The van der Waals surface area contributed by atoms with Gasteiger partial charge in [0.25, 0.3) is 5.69 Å². The lowest BCUT2D eigenvalue weighted by molar-refractivity contribution is -0.385. The summed E-state index contributed by atoms with van der Waals surface area (Å²) in [5.74, 6) is 0.357. The number of nitro benzene ring substituents is 1. The van der Waals surface area contributed by atoms with Gasteiger partial charge in [-0.05, 0) is 40.4 Å². The van der Waals surface area contributed by atoms with E-state index in [0.717, 1.165) is 18.4 Å². The van der Waals surface area contributed by atoms with E-state index >= 15 is 0 Å². The summed E-state index contributed by atoms with van der Waals surface area (Å²) in [4.78, 5) is 21.8. The van der Waals surface area contributed by atoms with Crippen LogP contribution in [0.15, 0.2) is 22.7 Å². The van der Waals surface area contributed by atoms with Crippen molar-refractivity contribution in [2.75, 3.05) is 13.1 Å². The van der Waals surface area contributed by atoms with Crippen LogP contribution < -0.4 is 10.6 Å². The molecule has 1 aromatic carbocycles. The van der Waals surface area contributed by atoms with Crippen LogP contribution in [0.5, 0.6) is 0 Å². The molecule has 1 saturated carbocycles. The third kappa shape index (κ3) is 4.28. The highest BCUT2D eigenvalue weighted by Gasteiger charge is 2.28. The quantitative estimate of drug-likeness (QED) is 0.451. The zero-order chi connectivity index (χ0) is 14.5. The second-order valence-electron chi connectivity index (χ2n) is 4.78. The minimum atomic E-state index is -0.413. The number of amides is 1. The van der Waals surface area contributed by atoms with E-state index in [1.54, 1.807) is 12.1 Å². The molecule has 2 N–H and O–H groups in total. The minimum Gasteiger partial charge on any atom is -0.355 e. The van der Waals surface area contributed by atoms with Gasteiger partial charge in [-0.3, -0.25) is 14.9 Å². The van der Waals surface area contributed by atoms with Crippen molar-refractivity contribution in [3.63, 3.8) is 0 Å². The van der Waals surface area contributed by atoms with Crippen LogP contribution in [0.1, 0.15) is 18.4 Å². The lowest BCUT2D eigenvalue weighted by atomic mass is 10.2. The Morgan fingerprint density at radius 3 is 2.80 bits per heavy atom. The summed E-state index contributed by atoms with van der Waals surface area (Å²) in [6, 6.07) is 5.04. The van der Waals surface area contributed by atoms with E-state index in [0.29, 0.717) is 24.1 Å². The average molecular weight is 342 g/mol. The number of nitrogens with zero attached hydrogens (tertiary/aromatic N) is 1. The van der Waals surface area contributed by atoms with E-state index < -0.39 is 4.92 Å². The highest BCUT2D eigenvalue weighted by atomic mass is 79.9. The second-order valence-corrected chi connectivity index (χ2v) is 5.64. The highest BCUT2D eigenvalue weighted by Crippen LogP contribution is 2.28. The van der Waals surface area contributed by atoms with E-state index in [1.165, 1.54) is 0 Å². The molecule has 0 aromatic heterocycles. The molecule has 2 rings (SSSR count). The van der Waals surface area contributed by atoms with Crippen molar-refractivity contribution in [2.24, 2.45) is 5.92 Å². The Bertz CT molecular complexity index is 518. The number of benzene rings is 1. The van der Waals surface area contributed by atoms with Crippen molar-refractivity contribution in [3.8, 4) is 0 Å². The fourth-order valence-electron chi connectivity index (χ4n) is 1.80. The summed E-state index contributed by atoms with van der Waals surface area (Å²) in [5, 5.41) is 16.8. The molecule has 0 unspecified atom stereocenters. The van der Waals surface area contributed by atoms with Crippen molar-refractivity contribution < 1.29 is 9.72 Å². The summed E-state index contributed by atoms with van der Waals surface area (Å²) in [6.07, 6.45) is 2.00. The van der Waals surface area contributed by atoms with E-state index in [1.807, 2.05) is 6.07 Å². The van der Waals surface area contributed by atoms with Crippen molar-refractivity contribution >= 4 is 27.5 Å². The molecule has 0 bridgehead atoms. The van der Waals surface area contributed by atoms with Crippen molar-refractivity contribution in [3.05, 3.63) is 38.3 Å². The summed E-state index contributed by atoms with van der Waals surface area (Å²) < 4.78 is 0.475. The topological polar surface area (TPSA) is 84.3 Å². The Morgan fingerprint density at radius 2 is 2.15 bits per heavy atom. The molecule has 0 atom stereocenters. The molecule has 0 radical (unpaired) electrons. The number of hydrogen-bond donors (Lipinski definition) is 2. The lowest BCUT2D eigenvalue weighted by Gasteiger charge is -2.07. The fourth-order valence-corrected chi connectivity index (χ4v) is 2.20. The molecule has 0 saturated heterocycles. The number of halogens is 1. The summed E-state index contributed by atoms with van der Waals surface area (Å²) >= 11 is 3.15. The zero-order valence-corrected chi connectivity index (χ0v) is 12.5. The number of hydrogen-bond acceptors (Lipinski definition) is 4. The maximum absolute atomic E-state index is 11.4. The van der Waals surface area contributed by atoms with Crippen molar-refractivity contribution in [2.45, 2.75) is 19.4 Å². The smallest absolute Gasteiger partial charge is 0.283 e. The van der Waals surface area contributed by atoms with Gasteiger partial charge in [0.05, 0.1) is 9.40 Å². The van der Waals surface area contributed by atoms with E-state index in [9.17, 15) is 14.9 Å². The first-order valence-corrected chi connectivity index (χ1v) is 7.28. The van der Waals surface area contributed by atoms with E-state index in [2.05, 4.69) is 26.6 Å². The van der Waals surface area contributed by atoms with Crippen LogP contribution in [0.4, 0.5) is 5.69 Å². The minimum absolute atomic E-state index is 0.0614. The Morgan fingerprint density at radius 1 is 1.40 bits per heavy atom. The van der Waals surface area contributed by atoms with Gasteiger partial charge in [0.15, 0.2) is 0 Å². The third-order valence-electron chi connectivity index (χ3n) is 3.09. The van der Waals surface area contributed by atoms with Crippen molar-refractivity contribution in [1.29, 1.82) is 0 Å². The lowest BCUT2D eigenvalue weighted by Crippen LogP contribution is -2.32. The first-order valence-electron chi connectivity index (χ1n) is 6.49. The van der Waals surface area contributed by atoms with Gasteiger partial charge in [-0.2, -0.15) is 0 Å². The van der Waals surface area contributed by atoms with Crippen LogP contribution in [0, 0.1) is 16.0 Å². The molecule has 1 fully saturated rings. The molecular weight excluding hydrogens is 326 g/mol. The van der Waals surface area contributed by atoms with Gasteiger partial charge < -0.3 is 10.6 Å². The maximum Gasteiger partial charge on any atom is 0.283 e. The number of nitro groups is 1. The van der Waals surface area contributed by atoms with Crippen LogP contribution in [-0.4, -0.2) is 23.9 Å². The third-order valence-corrected chi connectivity index (χ3v) is 3.76. The molecule has 20 heavy (non-hydrogen) atoms. The second kappa shape index (κ2) is 6.81. The average Bonchev–Trinajstić information content (AvgIpc) is 3.24. The Kier molecular flexibility index (Phi) is 5.08. The number of carbonyl (C=O) groups excluding carboxylic acids is 1. The number of carbonyl (C=O) groups is 1. The summed E-state index contributed by atoms with van der Waals surface area (Å²) in [5.41, 5.74) is 0.903. The number of rotatable bonds is 7. The molecule has 1 aromatic rings.